The van der Waals surface area contributed by atoms with Crippen molar-refractivity contribution in [3.63, 3.8) is 0 Å². The van der Waals surface area contributed by atoms with Gasteiger partial charge in [-0.15, -0.1) is 0 Å². The monoisotopic (exact) mass is 402 g/mol. The average molecular weight is 403 g/mol. The highest BCUT2D eigenvalue weighted by molar-refractivity contribution is 7.89. The maximum absolute atomic E-state index is 12.6. The standard InChI is InChI=1S/C19H28F2N2O3S/c1-2-12-22(15-18(20)21)19(24)11-8-16-6-9-17(10-7-16)27(25,26)23-13-4-3-5-14-23/h6-7,9-10,18H,2-5,8,11-15H2,1H3. The third-order valence-electron chi connectivity index (χ3n) is 4.71. The van der Waals surface area contributed by atoms with Crippen molar-refractivity contribution in [3.05, 3.63) is 29.8 Å². The third kappa shape index (κ3) is 6.24. The number of carbonyl (C=O) groups is 1. The molecule has 0 aliphatic carbocycles. The van der Waals surface area contributed by atoms with Crippen LogP contribution in [0.15, 0.2) is 29.2 Å². The molecule has 1 aliphatic rings. The minimum atomic E-state index is -3.47. The van der Waals surface area contributed by atoms with Crippen LogP contribution in [-0.4, -0.2) is 56.1 Å². The molecular weight excluding hydrogens is 374 g/mol. The van der Waals surface area contributed by atoms with Crippen LogP contribution in [0.3, 0.4) is 0 Å². The molecule has 1 aliphatic heterocycles. The second kappa shape index (κ2) is 10.1. The van der Waals surface area contributed by atoms with E-state index in [2.05, 4.69) is 0 Å². The van der Waals surface area contributed by atoms with Gasteiger partial charge in [0, 0.05) is 26.1 Å². The highest BCUT2D eigenvalue weighted by atomic mass is 32.2. The van der Waals surface area contributed by atoms with E-state index in [1.54, 1.807) is 24.3 Å². The molecule has 1 aromatic carbocycles. The fourth-order valence-electron chi connectivity index (χ4n) is 3.25. The van der Waals surface area contributed by atoms with E-state index in [0.717, 1.165) is 24.8 Å². The number of piperidine rings is 1. The Morgan fingerprint density at radius 2 is 1.78 bits per heavy atom. The van der Waals surface area contributed by atoms with Gasteiger partial charge in [-0.3, -0.25) is 4.79 Å². The van der Waals surface area contributed by atoms with Crippen molar-refractivity contribution >= 4 is 15.9 Å². The first-order valence-electron chi connectivity index (χ1n) is 9.49. The van der Waals surface area contributed by atoms with Gasteiger partial charge in [-0.1, -0.05) is 25.5 Å². The first-order chi connectivity index (χ1) is 12.8. The van der Waals surface area contributed by atoms with E-state index in [9.17, 15) is 22.0 Å². The van der Waals surface area contributed by atoms with Gasteiger partial charge in [0.15, 0.2) is 0 Å². The highest BCUT2D eigenvalue weighted by Crippen LogP contribution is 2.21. The number of nitrogens with zero attached hydrogens (tertiary/aromatic N) is 2. The van der Waals surface area contributed by atoms with Crippen LogP contribution in [-0.2, 0) is 21.2 Å². The lowest BCUT2D eigenvalue weighted by Crippen LogP contribution is -2.36. The fraction of sp³-hybridized carbons (Fsp3) is 0.632. The van der Waals surface area contributed by atoms with Gasteiger partial charge < -0.3 is 4.90 Å². The van der Waals surface area contributed by atoms with E-state index in [0.29, 0.717) is 32.5 Å². The largest absolute Gasteiger partial charge is 0.337 e. The molecule has 8 heteroatoms. The van der Waals surface area contributed by atoms with Gasteiger partial charge in [0.05, 0.1) is 11.4 Å². The molecule has 0 radical (unpaired) electrons. The number of rotatable bonds is 9. The molecule has 5 nitrogen and oxygen atoms in total. The van der Waals surface area contributed by atoms with Gasteiger partial charge in [0.2, 0.25) is 15.9 Å². The van der Waals surface area contributed by atoms with Crippen LogP contribution in [0.1, 0.15) is 44.6 Å². The van der Waals surface area contributed by atoms with Gasteiger partial charge in [0.1, 0.15) is 0 Å². The summed E-state index contributed by atoms with van der Waals surface area (Å²) in [5.74, 6) is -0.304. The van der Waals surface area contributed by atoms with Crippen LogP contribution in [0.25, 0.3) is 0 Å². The lowest BCUT2D eigenvalue weighted by molar-refractivity contribution is -0.133. The van der Waals surface area contributed by atoms with Gasteiger partial charge in [-0.25, -0.2) is 17.2 Å². The van der Waals surface area contributed by atoms with Crippen LogP contribution < -0.4 is 0 Å². The summed E-state index contributed by atoms with van der Waals surface area (Å²) in [5, 5.41) is 0. The minimum Gasteiger partial charge on any atom is -0.337 e. The zero-order valence-electron chi connectivity index (χ0n) is 15.7. The van der Waals surface area contributed by atoms with Crippen molar-refractivity contribution in [2.75, 3.05) is 26.2 Å². The summed E-state index contributed by atoms with van der Waals surface area (Å²) in [5.41, 5.74) is 0.814. The highest BCUT2D eigenvalue weighted by Gasteiger charge is 2.25. The van der Waals surface area contributed by atoms with E-state index in [-0.39, 0.29) is 17.2 Å². The van der Waals surface area contributed by atoms with Crippen LogP contribution in [0.4, 0.5) is 8.78 Å². The number of amides is 1. The molecule has 1 amide bonds. The number of aryl methyl sites for hydroxylation is 1. The number of halogens is 2. The molecule has 0 aromatic heterocycles. The fourth-order valence-corrected chi connectivity index (χ4v) is 4.76. The lowest BCUT2D eigenvalue weighted by atomic mass is 10.1. The van der Waals surface area contributed by atoms with Crippen LogP contribution in [0.2, 0.25) is 0 Å². The lowest BCUT2D eigenvalue weighted by Gasteiger charge is -2.25. The number of benzene rings is 1. The summed E-state index contributed by atoms with van der Waals surface area (Å²) in [6.07, 6.45) is 1.43. The van der Waals surface area contributed by atoms with Crippen LogP contribution in [0, 0.1) is 0 Å². The molecule has 1 heterocycles. The quantitative estimate of drug-likeness (QED) is 0.637. The summed E-state index contributed by atoms with van der Waals surface area (Å²) in [6.45, 7) is 2.72. The number of hydrogen-bond donors (Lipinski definition) is 0. The molecule has 0 spiro atoms. The van der Waals surface area contributed by atoms with Gasteiger partial charge in [-0.2, -0.15) is 4.31 Å². The van der Waals surface area contributed by atoms with Crippen molar-refractivity contribution in [3.8, 4) is 0 Å². The Morgan fingerprint density at radius 1 is 1.15 bits per heavy atom. The predicted molar refractivity (Wildman–Crippen MR) is 100 cm³/mol. The maximum Gasteiger partial charge on any atom is 0.255 e. The Hall–Kier alpha value is -1.54. The number of alkyl halides is 2. The van der Waals surface area contributed by atoms with E-state index in [4.69, 9.17) is 0 Å². The molecule has 0 N–H and O–H groups in total. The predicted octanol–water partition coefficient (Wildman–Crippen LogP) is 3.30. The number of hydrogen-bond acceptors (Lipinski definition) is 3. The summed E-state index contributed by atoms with van der Waals surface area (Å²) in [4.78, 5) is 13.6. The molecule has 27 heavy (non-hydrogen) atoms. The van der Waals surface area contributed by atoms with Gasteiger partial charge in [-0.05, 0) is 43.4 Å². The molecule has 0 bridgehead atoms. The first kappa shape index (κ1) is 21.8. The smallest absolute Gasteiger partial charge is 0.255 e. The summed E-state index contributed by atoms with van der Waals surface area (Å²) < 4.78 is 51.9. The maximum atomic E-state index is 12.6. The summed E-state index contributed by atoms with van der Waals surface area (Å²) in [6, 6.07) is 6.52. The Kier molecular flexibility index (Phi) is 8.16. The molecule has 2 rings (SSSR count). The van der Waals surface area contributed by atoms with Crippen molar-refractivity contribution in [1.82, 2.24) is 9.21 Å². The molecular formula is C19H28F2N2O3S. The van der Waals surface area contributed by atoms with E-state index in [1.807, 2.05) is 6.92 Å². The molecule has 1 saturated heterocycles. The second-order valence-corrected chi connectivity index (χ2v) is 8.78. The SMILES string of the molecule is CCCN(CC(F)F)C(=O)CCc1ccc(S(=O)(=O)N2CCCCC2)cc1. The normalized spacial score (nSPS) is 15.9. The Morgan fingerprint density at radius 3 is 2.33 bits per heavy atom. The number of carbonyl (C=O) groups excluding carboxylic acids is 1. The topological polar surface area (TPSA) is 57.7 Å². The zero-order chi connectivity index (χ0) is 19.9. The molecule has 0 unspecified atom stereocenters. The molecule has 0 saturated carbocycles. The van der Waals surface area contributed by atoms with Gasteiger partial charge in [0.25, 0.3) is 6.43 Å². The summed E-state index contributed by atoms with van der Waals surface area (Å²) >= 11 is 0. The van der Waals surface area contributed by atoms with E-state index >= 15 is 0 Å². The third-order valence-corrected chi connectivity index (χ3v) is 6.62. The zero-order valence-corrected chi connectivity index (χ0v) is 16.6. The number of sulfonamides is 1. The Bertz CT molecular complexity index is 702. The molecule has 1 fully saturated rings. The average Bonchev–Trinajstić information content (AvgIpc) is 2.66. The second-order valence-electron chi connectivity index (χ2n) is 6.84. The van der Waals surface area contributed by atoms with Crippen molar-refractivity contribution in [2.24, 2.45) is 0 Å². The summed E-state index contributed by atoms with van der Waals surface area (Å²) in [7, 11) is -3.47. The van der Waals surface area contributed by atoms with Crippen LogP contribution >= 0.6 is 0 Å². The van der Waals surface area contributed by atoms with Crippen molar-refractivity contribution in [2.45, 2.75) is 56.8 Å². The van der Waals surface area contributed by atoms with Crippen LogP contribution in [0.5, 0.6) is 0 Å². The van der Waals surface area contributed by atoms with E-state index in [1.165, 1.54) is 9.21 Å². The van der Waals surface area contributed by atoms with Crippen molar-refractivity contribution < 1.29 is 22.0 Å². The van der Waals surface area contributed by atoms with Crippen molar-refractivity contribution in [1.29, 1.82) is 0 Å². The molecule has 0 atom stereocenters. The minimum absolute atomic E-state index is 0.130. The Labute approximate surface area is 160 Å². The van der Waals surface area contributed by atoms with E-state index < -0.39 is 23.0 Å². The molecule has 1 aromatic rings. The van der Waals surface area contributed by atoms with Gasteiger partial charge >= 0.3 is 0 Å². The first-order valence-corrected chi connectivity index (χ1v) is 10.9. The Balaban J connectivity index is 1.95. The molecule has 152 valence electrons.